The van der Waals surface area contributed by atoms with E-state index in [1.54, 1.807) is 0 Å². The van der Waals surface area contributed by atoms with Crippen molar-refractivity contribution >= 4 is 27.5 Å². The normalized spacial score (nSPS) is 17.3. The second kappa shape index (κ2) is 8.95. The maximum Gasteiger partial charge on any atom is 0.0991 e. The number of nitriles is 1. The second-order valence-electron chi connectivity index (χ2n) is 11.2. The van der Waals surface area contributed by atoms with E-state index in [2.05, 4.69) is 139 Å². The van der Waals surface area contributed by atoms with Gasteiger partial charge in [-0.2, -0.15) is 5.26 Å². The molecule has 2 nitrogen and oxygen atoms in total. The van der Waals surface area contributed by atoms with Crippen molar-refractivity contribution in [3.63, 3.8) is 0 Å². The van der Waals surface area contributed by atoms with Crippen LogP contribution in [0, 0.1) is 18.3 Å². The molecule has 0 fully saturated rings. The number of aryl methyl sites for hydroxylation is 1. The number of allylic oxidation sites excluding steroid dienone is 4. The van der Waals surface area contributed by atoms with Gasteiger partial charge in [-0.3, -0.25) is 0 Å². The number of para-hydroxylation sites is 1. The Morgan fingerprint density at radius 3 is 2.29 bits per heavy atom. The van der Waals surface area contributed by atoms with Gasteiger partial charge in [0.2, 0.25) is 0 Å². The highest BCUT2D eigenvalue weighted by molar-refractivity contribution is 6.10. The van der Waals surface area contributed by atoms with Crippen molar-refractivity contribution in [3.05, 3.63) is 161 Å². The maximum absolute atomic E-state index is 9.78. The zero-order valence-electron chi connectivity index (χ0n) is 22.9. The molecule has 0 bridgehead atoms. The fourth-order valence-corrected chi connectivity index (χ4v) is 7.24. The molecule has 1 heterocycles. The first-order valence-electron chi connectivity index (χ1n) is 14.3. The maximum atomic E-state index is 9.78. The number of hydrogen-bond acceptors (Lipinski definition) is 1. The van der Waals surface area contributed by atoms with Crippen LogP contribution in [0.25, 0.3) is 38.6 Å². The average Bonchev–Trinajstić information content (AvgIpc) is 3.52. The highest BCUT2D eigenvalue weighted by Gasteiger charge is 2.46. The van der Waals surface area contributed by atoms with Gasteiger partial charge in [0, 0.05) is 16.5 Å². The lowest BCUT2D eigenvalue weighted by molar-refractivity contribution is 0.769. The number of fused-ring (bicyclic) bond motifs is 6. The zero-order chi connectivity index (χ0) is 27.6. The van der Waals surface area contributed by atoms with Crippen molar-refractivity contribution in [2.24, 2.45) is 0 Å². The summed E-state index contributed by atoms with van der Waals surface area (Å²) >= 11 is 0. The number of nitrogens with zero attached hydrogens (tertiary/aromatic N) is 2. The molecule has 0 saturated carbocycles. The van der Waals surface area contributed by atoms with Crippen LogP contribution >= 0.6 is 0 Å². The molecule has 0 saturated heterocycles. The molecular formula is C39H28N2. The van der Waals surface area contributed by atoms with E-state index >= 15 is 0 Å². The third-order valence-electron chi connectivity index (χ3n) is 9.04. The van der Waals surface area contributed by atoms with Crippen LogP contribution < -0.4 is 0 Å². The molecule has 194 valence electrons. The summed E-state index contributed by atoms with van der Waals surface area (Å²) in [5.74, 6) is 0. The Bertz CT molecular complexity index is 2110. The largest absolute Gasteiger partial charge is 0.313 e. The molecular weight excluding hydrogens is 496 g/mol. The van der Waals surface area contributed by atoms with Crippen molar-refractivity contribution in [3.8, 4) is 17.2 Å². The van der Waals surface area contributed by atoms with Crippen LogP contribution in [0.1, 0.15) is 46.2 Å². The molecule has 41 heavy (non-hydrogen) atoms. The van der Waals surface area contributed by atoms with Gasteiger partial charge in [0.25, 0.3) is 0 Å². The molecule has 5 aromatic carbocycles. The SMILES string of the molecule is Cc1ccc(C2(c3ccc4c(c3)c3ccccc3n4C3=CC=CCC3)c3ccccc3-c3cc(C#N)ccc32)cc1. The van der Waals surface area contributed by atoms with Gasteiger partial charge in [-0.05, 0) is 89.6 Å². The zero-order valence-corrected chi connectivity index (χ0v) is 22.9. The van der Waals surface area contributed by atoms with Crippen LogP contribution in [0.5, 0.6) is 0 Å². The summed E-state index contributed by atoms with van der Waals surface area (Å²) in [6.07, 6.45) is 8.77. The van der Waals surface area contributed by atoms with Crippen LogP contribution in [0.2, 0.25) is 0 Å². The van der Waals surface area contributed by atoms with Gasteiger partial charge in [-0.25, -0.2) is 0 Å². The Labute approximate surface area is 240 Å². The minimum Gasteiger partial charge on any atom is -0.313 e. The number of hydrogen-bond donors (Lipinski definition) is 0. The third-order valence-corrected chi connectivity index (χ3v) is 9.04. The summed E-state index contributed by atoms with van der Waals surface area (Å²) in [5, 5.41) is 12.3. The van der Waals surface area contributed by atoms with Crippen LogP contribution in [0.3, 0.4) is 0 Å². The minimum atomic E-state index is -0.502. The number of benzene rings is 5. The Morgan fingerprint density at radius 2 is 1.46 bits per heavy atom. The molecule has 0 aliphatic heterocycles. The van der Waals surface area contributed by atoms with E-state index in [0.717, 1.165) is 18.4 Å². The van der Waals surface area contributed by atoms with Gasteiger partial charge < -0.3 is 4.57 Å². The Balaban J connectivity index is 1.49. The minimum absolute atomic E-state index is 0.502. The molecule has 2 heteroatoms. The summed E-state index contributed by atoms with van der Waals surface area (Å²) in [6, 6.07) is 42.2. The lowest BCUT2D eigenvalue weighted by Gasteiger charge is -2.34. The first-order valence-corrected chi connectivity index (χ1v) is 14.3. The molecule has 2 aliphatic rings. The van der Waals surface area contributed by atoms with Gasteiger partial charge in [0.1, 0.15) is 0 Å². The fraction of sp³-hybridized carbons (Fsp3) is 0.103. The first-order chi connectivity index (χ1) is 20.2. The van der Waals surface area contributed by atoms with Crippen molar-refractivity contribution in [1.29, 1.82) is 5.26 Å². The predicted molar refractivity (Wildman–Crippen MR) is 169 cm³/mol. The Morgan fingerprint density at radius 1 is 0.707 bits per heavy atom. The van der Waals surface area contributed by atoms with Gasteiger partial charge in [0.15, 0.2) is 0 Å². The van der Waals surface area contributed by atoms with Gasteiger partial charge in [-0.1, -0.05) is 96.6 Å². The molecule has 6 aromatic rings. The molecule has 1 aromatic heterocycles. The Kier molecular flexibility index (Phi) is 5.18. The van der Waals surface area contributed by atoms with Crippen molar-refractivity contribution in [2.75, 3.05) is 0 Å². The van der Waals surface area contributed by atoms with E-state index in [9.17, 15) is 5.26 Å². The van der Waals surface area contributed by atoms with Gasteiger partial charge >= 0.3 is 0 Å². The van der Waals surface area contributed by atoms with Crippen LogP contribution in [0.15, 0.2) is 127 Å². The van der Waals surface area contributed by atoms with E-state index in [4.69, 9.17) is 0 Å². The molecule has 0 radical (unpaired) electrons. The summed E-state index contributed by atoms with van der Waals surface area (Å²) < 4.78 is 2.45. The van der Waals surface area contributed by atoms with Gasteiger partial charge in [-0.15, -0.1) is 0 Å². The summed E-state index contributed by atoms with van der Waals surface area (Å²) in [4.78, 5) is 0. The molecule has 1 atom stereocenters. The van der Waals surface area contributed by atoms with Crippen LogP contribution in [-0.2, 0) is 5.41 Å². The standard InChI is InChI=1S/C39H28N2/c1-26-15-18-28(19-16-26)39(35-13-7-5-11-31(35)33-23-27(25-40)17-21-36(33)39)29-20-22-38-34(24-29)32-12-6-8-14-37(32)41(38)30-9-3-2-4-10-30/h2-3,5-9,11-24H,4,10H2,1H3. The molecule has 8 rings (SSSR count). The van der Waals surface area contributed by atoms with Crippen molar-refractivity contribution in [2.45, 2.75) is 25.2 Å². The fourth-order valence-electron chi connectivity index (χ4n) is 7.24. The predicted octanol–water partition coefficient (Wildman–Crippen LogP) is 9.53. The van der Waals surface area contributed by atoms with E-state index in [1.165, 1.54) is 60.9 Å². The van der Waals surface area contributed by atoms with Crippen LogP contribution in [-0.4, -0.2) is 4.57 Å². The van der Waals surface area contributed by atoms with E-state index < -0.39 is 5.41 Å². The first kappa shape index (κ1) is 23.7. The lowest BCUT2D eigenvalue weighted by atomic mass is 9.67. The topological polar surface area (TPSA) is 28.7 Å². The van der Waals surface area contributed by atoms with E-state index in [-0.39, 0.29) is 0 Å². The summed E-state index contributed by atoms with van der Waals surface area (Å²) in [6.45, 7) is 2.14. The molecule has 0 amide bonds. The highest BCUT2D eigenvalue weighted by atomic mass is 15.0. The van der Waals surface area contributed by atoms with E-state index in [0.29, 0.717) is 5.56 Å². The van der Waals surface area contributed by atoms with Gasteiger partial charge in [0.05, 0.1) is 28.1 Å². The van der Waals surface area contributed by atoms with Crippen LogP contribution in [0.4, 0.5) is 0 Å². The summed E-state index contributed by atoms with van der Waals surface area (Å²) in [7, 11) is 0. The lowest BCUT2D eigenvalue weighted by Crippen LogP contribution is -2.28. The number of aromatic nitrogens is 1. The molecule has 0 spiro atoms. The molecule has 0 N–H and O–H groups in total. The smallest absolute Gasteiger partial charge is 0.0991 e. The average molecular weight is 525 g/mol. The monoisotopic (exact) mass is 524 g/mol. The van der Waals surface area contributed by atoms with Crippen molar-refractivity contribution < 1.29 is 0 Å². The molecule has 1 unspecified atom stereocenters. The third kappa shape index (κ3) is 3.30. The highest BCUT2D eigenvalue weighted by Crippen LogP contribution is 2.56. The van der Waals surface area contributed by atoms with E-state index in [1.807, 2.05) is 6.07 Å². The quantitative estimate of drug-likeness (QED) is 0.226. The number of rotatable bonds is 3. The summed E-state index contributed by atoms with van der Waals surface area (Å²) in [5.41, 5.74) is 12.5. The second-order valence-corrected chi connectivity index (χ2v) is 11.2. The molecule has 2 aliphatic carbocycles. The Hall–Kier alpha value is -5.13. The van der Waals surface area contributed by atoms with Crippen molar-refractivity contribution in [1.82, 2.24) is 4.57 Å².